The molecule has 0 spiro atoms. The van der Waals surface area contributed by atoms with Gasteiger partial charge in [0.05, 0.1) is 24.7 Å². The van der Waals surface area contributed by atoms with Crippen molar-refractivity contribution < 1.29 is 9.53 Å². The Labute approximate surface area is 161 Å². The van der Waals surface area contributed by atoms with Crippen LogP contribution in [-0.4, -0.2) is 48.2 Å². The van der Waals surface area contributed by atoms with Crippen LogP contribution in [0.15, 0.2) is 4.99 Å². The van der Waals surface area contributed by atoms with E-state index in [0.29, 0.717) is 29.9 Å². The van der Waals surface area contributed by atoms with Gasteiger partial charge in [-0.2, -0.15) is 0 Å². The molecule has 2 saturated carbocycles. The van der Waals surface area contributed by atoms with E-state index in [2.05, 4.69) is 15.6 Å². The summed E-state index contributed by atoms with van der Waals surface area (Å²) in [6.07, 6.45) is 12.1. The van der Waals surface area contributed by atoms with Crippen LogP contribution in [0.2, 0.25) is 0 Å². The van der Waals surface area contributed by atoms with E-state index in [-0.39, 0.29) is 18.1 Å². The molecule has 26 heavy (non-hydrogen) atoms. The summed E-state index contributed by atoms with van der Waals surface area (Å²) in [5.41, 5.74) is 2.02. The summed E-state index contributed by atoms with van der Waals surface area (Å²) in [6.45, 7) is 1.54. The molecule has 0 aromatic heterocycles. The molecular formula is C20H33N3O2S. The molecule has 5 atom stereocenters. The van der Waals surface area contributed by atoms with Gasteiger partial charge in [-0.05, 0) is 32.1 Å². The van der Waals surface area contributed by atoms with Gasteiger partial charge < -0.3 is 10.1 Å². The highest BCUT2D eigenvalue weighted by atomic mass is 32.2. The highest BCUT2D eigenvalue weighted by Crippen LogP contribution is 2.37. The van der Waals surface area contributed by atoms with E-state index < -0.39 is 0 Å². The molecular weight excluding hydrogens is 346 g/mol. The highest BCUT2D eigenvalue weighted by molar-refractivity contribution is 8.12. The minimum atomic E-state index is -0.0482. The molecule has 4 aliphatic rings. The average molecular weight is 380 g/mol. The normalized spacial score (nSPS) is 38.5. The molecule has 2 N–H and O–H groups in total. The topological polar surface area (TPSA) is 62.7 Å². The van der Waals surface area contributed by atoms with Gasteiger partial charge in [0.15, 0.2) is 0 Å². The second-order valence-corrected chi connectivity index (χ2v) is 9.52. The van der Waals surface area contributed by atoms with Crippen molar-refractivity contribution >= 4 is 23.2 Å². The molecule has 0 aromatic rings. The summed E-state index contributed by atoms with van der Waals surface area (Å²) in [5.74, 6) is 1.02. The van der Waals surface area contributed by atoms with Crippen LogP contribution in [-0.2, 0) is 9.53 Å². The van der Waals surface area contributed by atoms with E-state index in [1.165, 1.54) is 44.9 Å². The fraction of sp³-hybridized carbons (Fsp3) is 0.900. The number of carbonyl (C=O) groups excluding carboxylic acids is 1. The van der Waals surface area contributed by atoms with Crippen molar-refractivity contribution in [1.82, 2.24) is 10.6 Å². The van der Waals surface area contributed by atoms with Crippen LogP contribution in [0.5, 0.6) is 0 Å². The molecule has 2 aliphatic carbocycles. The number of fused-ring (bicyclic) bond motifs is 3. The third-order valence-electron chi connectivity index (χ3n) is 6.60. The van der Waals surface area contributed by atoms with Crippen molar-refractivity contribution in [1.29, 1.82) is 0 Å². The maximum absolute atomic E-state index is 12.5. The van der Waals surface area contributed by atoms with E-state index >= 15 is 0 Å². The molecule has 2 aliphatic heterocycles. The minimum Gasteiger partial charge on any atom is -0.358 e. The first-order chi connectivity index (χ1) is 12.8. The number of aliphatic imine (C=N–C) groups is 1. The fourth-order valence-electron chi connectivity index (χ4n) is 5.13. The second-order valence-electron chi connectivity index (χ2n) is 8.44. The van der Waals surface area contributed by atoms with Crippen molar-refractivity contribution in [3.63, 3.8) is 0 Å². The number of rotatable bonds is 4. The molecule has 6 heteroatoms. The van der Waals surface area contributed by atoms with Crippen molar-refractivity contribution in [3.05, 3.63) is 0 Å². The van der Waals surface area contributed by atoms with Gasteiger partial charge in [0.25, 0.3) is 0 Å². The average Bonchev–Trinajstić information content (AvgIpc) is 3.15. The number of nitrogens with one attached hydrogen (secondary N) is 2. The van der Waals surface area contributed by atoms with Gasteiger partial charge >= 0.3 is 0 Å². The second kappa shape index (κ2) is 9.07. The Morgan fingerprint density at radius 3 is 2.77 bits per heavy atom. The molecule has 2 heterocycles. The third-order valence-corrected chi connectivity index (χ3v) is 7.72. The van der Waals surface area contributed by atoms with Crippen LogP contribution in [0.4, 0.5) is 0 Å². The Bertz CT molecular complexity index is 501. The maximum Gasteiger partial charge on any atom is 0.223 e. The van der Waals surface area contributed by atoms with Crippen LogP contribution < -0.4 is 10.6 Å². The monoisotopic (exact) mass is 379 g/mol. The summed E-state index contributed by atoms with van der Waals surface area (Å²) in [4.78, 5) is 16.9. The molecule has 1 saturated heterocycles. The van der Waals surface area contributed by atoms with Gasteiger partial charge in [-0.15, -0.1) is 11.8 Å². The summed E-state index contributed by atoms with van der Waals surface area (Å²) in [6, 6.07) is 0.503. The lowest BCUT2D eigenvalue weighted by Gasteiger charge is -2.32. The SMILES string of the molecule is O=C(NCC1NC2CCCCC(O1)C(C1CN=CS1)C2)C1CCCCC1. The highest BCUT2D eigenvalue weighted by Gasteiger charge is 2.39. The minimum absolute atomic E-state index is 0.0482. The van der Waals surface area contributed by atoms with E-state index in [1.54, 1.807) is 0 Å². The fourth-order valence-corrected chi connectivity index (χ4v) is 6.12. The zero-order valence-electron chi connectivity index (χ0n) is 15.7. The molecule has 5 unspecified atom stereocenters. The predicted molar refractivity (Wildman–Crippen MR) is 106 cm³/mol. The quantitative estimate of drug-likeness (QED) is 0.788. The predicted octanol–water partition coefficient (Wildman–Crippen LogP) is 3.09. The summed E-state index contributed by atoms with van der Waals surface area (Å²) in [7, 11) is 0. The smallest absolute Gasteiger partial charge is 0.223 e. The Hall–Kier alpha value is -0.590. The van der Waals surface area contributed by atoms with Crippen LogP contribution >= 0.6 is 11.8 Å². The number of nitrogens with zero attached hydrogens (tertiary/aromatic N) is 1. The largest absolute Gasteiger partial charge is 0.358 e. The van der Waals surface area contributed by atoms with Gasteiger partial charge in [0.1, 0.15) is 6.23 Å². The molecule has 4 rings (SSSR count). The van der Waals surface area contributed by atoms with E-state index in [9.17, 15) is 4.79 Å². The lowest BCUT2D eigenvalue weighted by molar-refractivity contribution is -0.127. The third kappa shape index (κ3) is 4.63. The maximum atomic E-state index is 12.5. The van der Waals surface area contributed by atoms with Crippen LogP contribution in [0.3, 0.4) is 0 Å². The number of thioether (sulfide) groups is 1. The van der Waals surface area contributed by atoms with Gasteiger partial charge in [0, 0.05) is 23.1 Å². The van der Waals surface area contributed by atoms with Gasteiger partial charge in [-0.3, -0.25) is 15.1 Å². The lowest BCUT2D eigenvalue weighted by Crippen LogP contribution is -2.47. The summed E-state index contributed by atoms with van der Waals surface area (Å²) < 4.78 is 6.53. The van der Waals surface area contributed by atoms with Crippen molar-refractivity contribution in [2.24, 2.45) is 16.8 Å². The van der Waals surface area contributed by atoms with Crippen molar-refractivity contribution in [3.8, 4) is 0 Å². The number of carbonyl (C=O) groups is 1. The molecule has 146 valence electrons. The number of ether oxygens (including phenoxy) is 1. The Morgan fingerprint density at radius 2 is 1.96 bits per heavy atom. The lowest BCUT2D eigenvalue weighted by atomic mass is 9.84. The molecule has 5 nitrogen and oxygen atoms in total. The van der Waals surface area contributed by atoms with Gasteiger partial charge in [-0.25, -0.2) is 0 Å². The molecule has 2 bridgehead atoms. The molecule has 0 radical (unpaired) electrons. The van der Waals surface area contributed by atoms with Crippen LogP contribution in [0, 0.1) is 11.8 Å². The van der Waals surface area contributed by atoms with Gasteiger partial charge in [-0.1, -0.05) is 32.1 Å². The number of hydrogen-bond acceptors (Lipinski definition) is 5. The molecule has 3 fully saturated rings. The first-order valence-corrected chi connectivity index (χ1v) is 11.6. The first-order valence-electron chi connectivity index (χ1n) is 10.6. The number of hydrogen-bond donors (Lipinski definition) is 2. The van der Waals surface area contributed by atoms with Crippen LogP contribution in [0.1, 0.15) is 64.2 Å². The molecule has 0 aromatic carbocycles. The Morgan fingerprint density at radius 1 is 1.15 bits per heavy atom. The van der Waals surface area contributed by atoms with Crippen molar-refractivity contribution in [2.75, 3.05) is 13.1 Å². The van der Waals surface area contributed by atoms with Gasteiger partial charge in [0.2, 0.25) is 5.91 Å². The van der Waals surface area contributed by atoms with Crippen LogP contribution in [0.25, 0.3) is 0 Å². The Kier molecular flexibility index (Phi) is 6.54. The van der Waals surface area contributed by atoms with E-state index in [4.69, 9.17) is 4.74 Å². The summed E-state index contributed by atoms with van der Waals surface area (Å²) >= 11 is 1.88. The number of amides is 1. The zero-order valence-corrected chi connectivity index (χ0v) is 16.5. The zero-order chi connectivity index (χ0) is 17.8. The van der Waals surface area contributed by atoms with E-state index in [0.717, 1.165) is 25.8 Å². The van der Waals surface area contributed by atoms with Crippen molar-refractivity contribution in [2.45, 2.75) is 87.8 Å². The summed E-state index contributed by atoms with van der Waals surface area (Å²) in [5, 5.41) is 7.47. The Balaban J connectivity index is 1.35. The molecule has 1 amide bonds. The standard InChI is InChI=1S/C20H33N3O2S/c24-20(14-6-2-1-3-7-14)22-12-19-23-15-8-4-5-9-17(25-19)16(10-15)18-11-21-13-26-18/h13-19,23H,1-12H2,(H,22,24). The first kappa shape index (κ1) is 18.8. The van der Waals surface area contributed by atoms with E-state index in [1.807, 2.05) is 17.3 Å².